The molecule has 3 nitrogen and oxygen atoms in total. The summed E-state index contributed by atoms with van der Waals surface area (Å²) in [6.45, 7) is 6.22. The SMILES string of the molecule is CC(C)CCNC(=O)C(C)S(=O)Cc1ccc(F)c(F)c1. The molecule has 0 heterocycles. The maximum absolute atomic E-state index is 13.1. The summed E-state index contributed by atoms with van der Waals surface area (Å²) in [7, 11) is -1.48. The van der Waals surface area contributed by atoms with Gasteiger partial charge in [-0.15, -0.1) is 0 Å². The second kappa shape index (κ2) is 8.22. The van der Waals surface area contributed by atoms with Crippen LogP contribution in [0.2, 0.25) is 0 Å². The average Bonchev–Trinajstić information content (AvgIpc) is 2.41. The molecule has 1 rings (SSSR count). The lowest BCUT2D eigenvalue weighted by Gasteiger charge is -2.13. The molecule has 0 aromatic heterocycles. The standard InChI is InChI=1S/C15H21F2NO2S/c1-10(2)6-7-18-15(19)11(3)21(20)9-12-4-5-13(16)14(17)8-12/h4-5,8,10-11H,6-7,9H2,1-3H3,(H,18,19). The summed E-state index contributed by atoms with van der Waals surface area (Å²) in [4.78, 5) is 11.8. The predicted octanol–water partition coefficient (Wildman–Crippen LogP) is 2.76. The van der Waals surface area contributed by atoms with Crippen molar-refractivity contribution in [2.75, 3.05) is 6.54 Å². The molecule has 1 N–H and O–H groups in total. The molecule has 1 amide bonds. The Morgan fingerprint density at radius 3 is 2.48 bits per heavy atom. The van der Waals surface area contributed by atoms with Crippen LogP contribution in [0.5, 0.6) is 0 Å². The third-order valence-corrected chi connectivity index (χ3v) is 4.70. The predicted molar refractivity (Wildman–Crippen MR) is 80.1 cm³/mol. The van der Waals surface area contributed by atoms with Crippen LogP contribution in [0.25, 0.3) is 0 Å². The topological polar surface area (TPSA) is 46.2 Å². The van der Waals surface area contributed by atoms with Crippen molar-refractivity contribution in [2.45, 2.75) is 38.2 Å². The molecule has 1 aromatic carbocycles. The number of halogens is 2. The molecule has 6 heteroatoms. The lowest BCUT2D eigenvalue weighted by atomic mass is 10.1. The van der Waals surface area contributed by atoms with Crippen molar-refractivity contribution >= 4 is 16.7 Å². The molecule has 0 aliphatic carbocycles. The molecule has 0 spiro atoms. The minimum Gasteiger partial charge on any atom is -0.355 e. The molecule has 0 aliphatic heterocycles. The van der Waals surface area contributed by atoms with E-state index in [-0.39, 0.29) is 11.7 Å². The van der Waals surface area contributed by atoms with Crippen molar-refractivity contribution in [1.29, 1.82) is 0 Å². The number of benzene rings is 1. The van der Waals surface area contributed by atoms with Gasteiger partial charge in [0.1, 0.15) is 5.25 Å². The van der Waals surface area contributed by atoms with Crippen LogP contribution >= 0.6 is 0 Å². The first kappa shape index (κ1) is 17.8. The minimum absolute atomic E-state index is 0.0238. The maximum atomic E-state index is 13.1. The highest BCUT2D eigenvalue weighted by Gasteiger charge is 2.20. The second-order valence-corrected chi connectivity index (χ2v) is 7.15. The van der Waals surface area contributed by atoms with Gasteiger partial charge in [-0.3, -0.25) is 9.00 Å². The number of nitrogens with one attached hydrogen (secondary N) is 1. The van der Waals surface area contributed by atoms with E-state index < -0.39 is 27.7 Å². The van der Waals surface area contributed by atoms with E-state index in [0.717, 1.165) is 18.6 Å². The Bertz CT molecular complexity index is 520. The van der Waals surface area contributed by atoms with Gasteiger partial charge in [-0.05, 0) is 37.0 Å². The fourth-order valence-corrected chi connectivity index (χ4v) is 2.75. The molecule has 0 saturated carbocycles. The molecule has 0 fully saturated rings. The van der Waals surface area contributed by atoms with Crippen LogP contribution < -0.4 is 5.32 Å². The average molecular weight is 317 g/mol. The van der Waals surface area contributed by atoms with Gasteiger partial charge >= 0.3 is 0 Å². The molecule has 2 atom stereocenters. The van der Waals surface area contributed by atoms with Crippen LogP contribution in [0.4, 0.5) is 8.78 Å². The van der Waals surface area contributed by atoms with Crippen LogP contribution in [0.3, 0.4) is 0 Å². The molecular formula is C15H21F2NO2S. The van der Waals surface area contributed by atoms with E-state index in [1.807, 2.05) is 0 Å². The van der Waals surface area contributed by atoms with Gasteiger partial charge in [-0.25, -0.2) is 8.78 Å². The van der Waals surface area contributed by atoms with Gasteiger partial charge in [0.15, 0.2) is 11.6 Å². The van der Waals surface area contributed by atoms with Crippen LogP contribution in [0.15, 0.2) is 18.2 Å². The first-order valence-electron chi connectivity index (χ1n) is 6.90. The van der Waals surface area contributed by atoms with Crippen molar-refractivity contribution in [3.05, 3.63) is 35.4 Å². The van der Waals surface area contributed by atoms with Gasteiger partial charge in [0.2, 0.25) is 5.91 Å². The minimum atomic E-state index is -1.48. The molecule has 0 aliphatic rings. The third-order valence-electron chi connectivity index (χ3n) is 3.08. The Kier molecular flexibility index (Phi) is 6.95. The normalized spacial score (nSPS) is 14.0. The van der Waals surface area contributed by atoms with E-state index in [0.29, 0.717) is 18.0 Å². The van der Waals surface area contributed by atoms with E-state index in [2.05, 4.69) is 19.2 Å². The Balaban J connectivity index is 2.53. The number of carbonyl (C=O) groups excluding carboxylic acids is 1. The Labute approximate surface area is 126 Å². The van der Waals surface area contributed by atoms with E-state index >= 15 is 0 Å². The highest BCUT2D eigenvalue weighted by Crippen LogP contribution is 2.12. The van der Waals surface area contributed by atoms with Gasteiger partial charge in [0, 0.05) is 23.1 Å². The summed E-state index contributed by atoms with van der Waals surface area (Å²) < 4.78 is 38.0. The number of rotatable bonds is 7. The number of amides is 1. The van der Waals surface area contributed by atoms with Crippen LogP contribution in [0.1, 0.15) is 32.8 Å². The van der Waals surface area contributed by atoms with Crippen molar-refractivity contribution in [2.24, 2.45) is 5.92 Å². The fourth-order valence-electron chi connectivity index (χ4n) is 1.67. The second-order valence-electron chi connectivity index (χ2n) is 5.39. The maximum Gasteiger partial charge on any atom is 0.235 e. The Morgan fingerprint density at radius 2 is 1.90 bits per heavy atom. The Morgan fingerprint density at radius 1 is 1.24 bits per heavy atom. The van der Waals surface area contributed by atoms with E-state index in [1.165, 1.54) is 6.07 Å². The quantitative estimate of drug-likeness (QED) is 0.840. The third kappa shape index (κ3) is 5.91. The molecule has 118 valence electrons. The molecule has 0 bridgehead atoms. The van der Waals surface area contributed by atoms with Gasteiger partial charge in [0.05, 0.1) is 0 Å². The fraction of sp³-hybridized carbons (Fsp3) is 0.533. The lowest BCUT2D eigenvalue weighted by Crippen LogP contribution is -2.36. The zero-order chi connectivity index (χ0) is 16.0. The number of carbonyl (C=O) groups is 1. The molecule has 1 aromatic rings. The van der Waals surface area contributed by atoms with Crippen LogP contribution in [-0.2, 0) is 21.3 Å². The van der Waals surface area contributed by atoms with Gasteiger partial charge < -0.3 is 5.32 Å². The summed E-state index contributed by atoms with van der Waals surface area (Å²) in [5.74, 6) is -1.69. The monoisotopic (exact) mass is 317 g/mol. The summed E-state index contributed by atoms with van der Waals surface area (Å²) in [6.07, 6.45) is 0.855. The van der Waals surface area contributed by atoms with E-state index in [9.17, 15) is 17.8 Å². The van der Waals surface area contributed by atoms with Crippen LogP contribution in [-0.4, -0.2) is 21.9 Å². The molecule has 0 radical (unpaired) electrons. The van der Waals surface area contributed by atoms with Gasteiger partial charge in [0.25, 0.3) is 0 Å². The zero-order valence-electron chi connectivity index (χ0n) is 12.5. The summed E-state index contributed by atoms with van der Waals surface area (Å²) in [5, 5.41) is 2.05. The lowest BCUT2D eigenvalue weighted by molar-refractivity contribution is -0.120. The van der Waals surface area contributed by atoms with Gasteiger partial charge in [-0.1, -0.05) is 19.9 Å². The van der Waals surface area contributed by atoms with E-state index in [1.54, 1.807) is 6.92 Å². The molecular weight excluding hydrogens is 296 g/mol. The highest BCUT2D eigenvalue weighted by atomic mass is 32.2. The molecule has 0 saturated heterocycles. The molecule has 21 heavy (non-hydrogen) atoms. The van der Waals surface area contributed by atoms with E-state index in [4.69, 9.17) is 0 Å². The highest BCUT2D eigenvalue weighted by molar-refractivity contribution is 7.85. The molecule has 2 unspecified atom stereocenters. The zero-order valence-corrected chi connectivity index (χ0v) is 13.3. The van der Waals surface area contributed by atoms with Crippen molar-refractivity contribution in [3.63, 3.8) is 0 Å². The van der Waals surface area contributed by atoms with Crippen molar-refractivity contribution in [1.82, 2.24) is 5.32 Å². The summed E-state index contributed by atoms with van der Waals surface area (Å²) >= 11 is 0. The first-order valence-corrected chi connectivity index (χ1v) is 8.28. The smallest absolute Gasteiger partial charge is 0.235 e. The van der Waals surface area contributed by atoms with Crippen molar-refractivity contribution in [3.8, 4) is 0 Å². The Hall–Kier alpha value is -1.30. The van der Waals surface area contributed by atoms with Gasteiger partial charge in [-0.2, -0.15) is 0 Å². The largest absolute Gasteiger partial charge is 0.355 e. The van der Waals surface area contributed by atoms with Crippen molar-refractivity contribution < 1.29 is 17.8 Å². The number of hydrogen-bond acceptors (Lipinski definition) is 2. The van der Waals surface area contributed by atoms with Crippen LogP contribution in [0, 0.1) is 17.6 Å². The summed E-state index contributed by atoms with van der Waals surface area (Å²) in [6, 6.07) is 3.38. The number of hydrogen-bond donors (Lipinski definition) is 1. The first-order chi connectivity index (χ1) is 9.81. The summed E-state index contributed by atoms with van der Waals surface area (Å²) in [5.41, 5.74) is 0.411.